The van der Waals surface area contributed by atoms with Crippen LogP contribution < -0.4 is 4.74 Å². The van der Waals surface area contributed by atoms with Crippen molar-refractivity contribution in [3.05, 3.63) is 65.5 Å². The summed E-state index contributed by atoms with van der Waals surface area (Å²) in [5, 5.41) is 0. The number of benzene rings is 1. The molecule has 0 unspecified atom stereocenters. The van der Waals surface area contributed by atoms with Crippen molar-refractivity contribution >= 4 is 12.0 Å². The molecule has 0 saturated heterocycles. The molecular formula is C28H39NO3. The molecule has 1 aromatic carbocycles. The molecule has 0 radical (unpaired) electrons. The highest BCUT2D eigenvalue weighted by Gasteiger charge is 2.06. The van der Waals surface area contributed by atoms with Crippen LogP contribution >= 0.6 is 0 Å². The third kappa shape index (κ3) is 11.1. The lowest BCUT2D eigenvalue weighted by molar-refractivity contribution is -0.140. The number of ether oxygens (including phenoxy) is 2. The molecule has 0 aliphatic heterocycles. The lowest BCUT2D eigenvalue weighted by Gasteiger charge is -2.07. The van der Waals surface area contributed by atoms with Crippen molar-refractivity contribution in [1.29, 1.82) is 0 Å². The molecular weight excluding hydrogens is 398 g/mol. The van der Waals surface area contributed by atoms with Crippen molar-refractivity contribution < 1.29 is 14.3 Å². The van der Waals surface area contributed by atoms with E-state index in [1.54, 1.807) is 19.3 Å². The van der Waals surface area contributed by atoms with Crippen LogP contribution in [0.5, 0.6) is 5.75 Å². The SMILES string of the molecule is CCCCCCCCCCCCOc1ccc(/C=C(\C)C(=O)OCc2cccnc2)cc1. The standard InChI is InChI=1S/C28H39NO3/c1-3-4-5-6-7-8-9-10-11-12-20-31-27-17-15-25(16-18-27)21-24(2)28(30)32-23-26-14-13-19-29-22-26/h13-19,21-22H,3-12,20,23H2,1-2H3/b24-21+. The number of esters is 1. The molecule has 0 aliphatic carbocycles. The Labute approximate surface area is 194 Å². The van der Waals surface area contributed by atoms with Gasteiger partial charge < -0.3 is 9.47 Å². The topological polar surface area (TPSA) is 48.4 Å². The molecule has 1 heterocycles. The molecule has 2 aromatic rings. The van der Waals surface area contributed by atoms with Gasteiger partial charge >= 0.3 is 5.97 Å². The van der Waals surface area contributed by atoms with Crippen molar-refractivity contribution in [3.63, 3.8) is 0 Å². The number of nitrogens with zero attached hydrogens (tertiary/aromatic N) is 1. The zero-order valence-electron chi connectivity index (χ0n) is 19.9. The minimum Gasteiger partial charge on any atom is -0.494 e. The van der Waals surface area contributed by atoms with Crippen LogP contribution in [-0.2, 0) is 16.1 Å². The second-order valence-electron chi connectivity index (χ2n) is 8.36. The van der Waals surface area contributed by atoms with E-state index in [0.29, 0.717) is 5.57 Å². The smallest absolute Gasteiger partial charge is 0.334 e. The summed E-state index contributed by atoms with van der Waals surface area (Å²) in [6, 6.07) is 11.5. The summed E-state index contributed by atoms with van der Waals surface area (Å²) >= 11 is 0. The zero-order valence-corrected chi connectivity index (χ0v) is 19.9. The fraction of sp³-hybridized carbons (Fsp3) is 0.500. The van der Waals surface area contributed by atoms with E-state index in [9.17, 15) is 4.79 Å². The Bertz CT molecular complexity index is 784. The van der Waals surface area contributed by atoms with Crippen molar-refractivity contribution in [2.45, 2.75) is 84.7 Å². The lowest BCUT2D eigenvalue weighted by atomic mass is 10.1. The highest BCUT2D eigenvalue weighted by Crippen LogP contribution is 2.16. The van der Waals surface area contributed by atoms with E-state index in [4.69, 9.17) is 9.47 Å². The lowest BCUT2D eigenvalue weighted by Crippen LogP contribution is -2.05. The third-order valence-electron chi connectivity index (χ3n) is 5.44. The number of pyridine rings is 1. The Morgan fingerprint density at radius 3 is 2.19 bits per heavy atom. The first kappa shape index (κ1) is 25.6. The summed E-state index contributed by atoms with van der Waals surface area (Å²) < 4.78 is 11.2. The van der Waals surface area contributed by atoms with Gasteiger partial charge in [0.1, 0.15) is 12.4 Å². The molecule has 0 bridgehead atoms. The van der Waals surface area contributed by atoms with Gasteiger partial charge in [0.2, 0.25) is 0 Å². The van der Waals surface area contributed by atoms with Crippen LogP contribution in [0, 0.1) is 0 Å². The molecule has 0 amide bonds. The molecule has 174 valence electrons. The summed E-state index contributed by atoms with van der Waals surface area (Å²) in [6.07, 6.45) is 18.5. The number of hydrogen-bond donors (Lipinski definition) is 0. The predicted octanol–water partition coefficient (Wildman–Crippen LogP) is 7.53. The van der Waals surface area contributed by atoms with E-state index in [-0.39, 0.29) is 12.6 Å². The van der Waals surface area contributed by atoms with Gasteiger partial charge in [-0.3, -0.25) is 4.98 Å². The van der Waals surface area contributed by atoms with Crippen LogP contribution in [0.4, 0.5) is 0 Å². The molecule has 0 N–H and O–H groups in total. The Hall–Kier alpha value is -2.62. The fourth-order valence-corrected chi connectivity index (χ4v) is 3.49. The van der Waals surface area contributed by atoms with Gasteiger partial charge in [0.15, 0.2) is 0 Å². The highest BCUT2D eigenvalue weighted by molar-refractivity contribution is 5.93. The third-order valence-corrected chi connectivity index (χ3v) is 5.44. The van der Waals surface area contributed by atoms with Gasteiger partial charge in [0.25, 0.3) is 0 Å². The van der Waals surface area contributed by atoms with E-state index in [1.807, 2.05) is 42.5 Å². The van der Waals surface area contributed by atoms with Crippen LogP contribution in [0.1, 0.15) is 89.2 Å². The maximum absolute atomic E-state index is 12.2. The summed E-state index contributed by atoms with van der Waals surface area (Å²) in [5.41, 5.74) is 2.39. The summed E-state index contributed by atoms with van der Waals surface area (Å²) in [5.74, 6) is 0.546. The number of hydrogen-bond acceptors (Lipinski definition) is 4. The van der Waals surface area contributed by atoms with E-state index < -0.39 is 0 Å². The zero-order chi connectivity index (χ0) is 22.9. The number of rotatable bonds is 16. The van der Waals surface area contributed by atoms with E-state index in [0.717, 1.165) is 29.9 Å². The summed E-state index contributed by atoms with van der Waals surface area (Å²) in [7, 11) is 0. The van der Waals surface area contributed by atoms with Gasteiger partial charge in [0.05, 0.1) is 6.61 Å². The van der Waals surface area contributed by atoms with Gasteiger partial charge in [-0.15, -0.1) is 0 Å². The predicted molar refractivity (Wildman–Crippen MR) is 131 cm³/mol. The van der Waals surface area contributed by atoms with Crippen LogP contribution in [0.2, 0.25) is 0 Å². The van der Waals surface area contributed by atoms with Crippen molar-refractivity contribution in [2.24, 2.45) is 0 Å². The molecule has 0 saturated carbocycles. The monoisotopic (exact) mass is 437 g/mol. The Morgan fingerprint density at radius 1 is 0.906 bits per heavy atom. The summed E-state index contributed by atoms with van der Waals surface area (Å²) in [4.78, 5) is 16.2. The number of aromatic nitrogens is 1. The second-order valence-corrected chi connectivity index (χ2v) is 8.36. The van der Waals surface area contributed by atoms with Gasteiger partial charge in [-0.1, -0.05) is 82.9 Å². The van der Waals surface area contributed by atoms with Crippen LogP contribution in [0.3, 0.4) is 0 Å². The molecule has 0 spiro atoms. The average Bonchev–Trinajstić information content (AvgIpc) is 2.82. The molecule has 0 atom stereocenters. The molecule has 4 heteroatoms. The van der Waals surface area contributed by atoms with E-state index in [1.165, 1.54) is 57.8 Å². The van der Waals surface area contributed by atoms with Crippen molar-refractivity contribution in [1.82, 2.24) is 4.98 Å². The van der Waals surface area contributed by atoms with Gasteiger partial charge in [0, 0.05) is 23.5 Å². The fourth-order valence-electron chi connectivity index (χ4n) is 3.49. The van der Waals surface area contributed by atoms with Gasteiger partial charge in [-0.05, 0) is 43.2 Å². The first-order valence-electron chi connectivity index (χ1n) is 12.2. The minimum absolute atomic E-state index is 0.226. The van der Waals surface area contributed by atoms with E-state index >= 15 is 0 Å². The van der Waals surface area contributed by atoms with Crippen LogP contribution in [-0.4, -0.2) is 17.6 Å². The van der Waals surface area contributed by atoms with Crippen LogP contribution in [0.25, 0.3) is 6.08 Å². The van der Waals surface area contributed by atoms with Gasteiger partial charge in [-0.25, -0.2) is 4.79 Å². The Morgan fingerprint density at radius 2 is 1.56 bits per heavy atom. The first-order chi connectivity index (χ1) is 15.7. The molecule has 32 heavy (non-hydrogen) atoms. The van der Waals surface area contributed by atoms with Gasteiger partial charge in [-0.2, -0.15) is 0 Å². The number of unbranched alkanes of at least 4 members (excludes halogenated alkanes) is 9. The van der Waals surface area contributed by atoms with Crippen molar-refractivity contribution in [2.75, 3.05) is 6.61 Å². The Balaban J connectivity index is 1.59. The second kappa shape index (κ2) is 16.1. The van der Waals surface area contributed by atoms with Crippen molar-refractivity contribution in [3.8, 4) is 5.75 Å². The highest BCUT2D eigenvalue weighted by atomic mass is 16.5. The molecule has 4 nitrogen and oxygen atoms in total. The molecule has 0 fully saturated rings. The minimum atomic E-state index is -0.324. The summed E-state index contributed by atoms with van der Waals surface area (Å²) in [6.45, 7) is 5.01. The maximum Gasteiger partial charge on any atom is 0.334 e. The maximum atomic E-state index is 12.2. The molecule has 2 rings (SSSR count). The van der Waals surface area contributed by atoms with E-state index in [2.05, 4.69) is 11.9 Å². The first-order valence-corrected chi connectivity index (χ1v) is 12.2. The Kier molecular flexibility index (Phi) is 12.9. The largest absolute Gasteiger partial charge is 0.494 e. The normalized spacial score (nSPS) is 11.4. The molecule has 1 aromatic heterocycles. The number of carbonyl (C=O) groups is 1. The number of carbonyl (C=O) groups excluding carboxylic acids is 1. The molecule has 0 aliphatic rings. The van der Waals surface area contributed by atoms with Crippen LogP contribution in [0.15, 0.2) is 54.4 Å². The average molecular weight is 438 g/mol. The quantitative estimate of drug-likeness (QED) is 0.155.